The van der Waals surface area contributed by atoms with Gasteiger partial charge < -0.3 is 14.6 Å². The summed E-state index contributed by atoms with van der Waals surface area (Å²) >= 11 is 1.10. The SMILES string of the molecule is CCC1=C(C(=O)OC)[C@H](c2ccccc2)n2c(s/c(=C\c3cc(OC)c(O)c([N+](=O)[O-])c3)c2=O)=N1. The summed E-state index contributed by atoms with van der Waals surface area (Å²) in [6.07, 6.45) is 1.91. The maximum absolute atomic E-state index is 13.6. The van der Waals surface area contributed by atoms with E-state index in [0.29, 0.717) is 22.5 Å². The number of hydrogen-bond acceptors (Lipinski definition) is 9. The zero-order valence-electron chi connectivity index (χ0n) is 19.0. The van der Waals surface area contributed by atoms with Crippen molar-refractivity contribution in [1.82, 2.24) is 4.57 Å². The Labute approximate surface area is 202 Å². The number of phenolic OH excluding ortho intramolecular Hbond substituents is 1. The highest BCUT2D eigenvalue weighted by Crippen LogP contribution is 2.37. The van der Waals surface area contributed by atoms with Gasteiger partial charge in [0.05, 0.1) is 41.0 Å². The van der Waals surface area contributed by atoms with E-state index in [2.05, 4.69) is 4.99 Å². The highest BCUT2D eigenvalue weighted by atomic mass is 32.1. The van der Waals surface area contributed by atoms with E-state index in [9.17, 15) is 24.8 Å². The first-order valence-electron chi connectivity index (χ1n) is 10.5. The van der Waals surface area contributed by atoms with E-state index >= 15 is 0 Å². The van der Waals surface area contributed by atoms with E-state index in [-0.39, 0.29) is 21.4 Å². The maximum Gasteiger partial charge on any atom is 0.338 e. The van der Waals surface area contributed by atoms with Crippen LogP contribution in [0.2, 0.25) is 0 Å². The number of aromatic nitrogens is 1. The van der Waals surface area contributed by atoms with Crippen molar-refractivity contribution in [2.45, 2.75) is 19.4 Å². The Morgan fingerprint density at radius 1 is 1.29 bits per heavy atom. The molecule has 1 N–H and O–H groups in total. The van der Waals surface area contributed by atoms with Crippen LogP contribution in [0.15, 0.2) is 63.5 Å². The van der Waals surface area contributed by atoms with Crippen LogP contribution in [0.4, 0.5) is 5.69 Å². The third-order valence-electron chi connectivity index (χ3n) is 5.56. The molecule has 0 saturated heterocycles. The molecule has 0 amide bonds. The lowest BCUT2D eigenvalue weighted by Crippen LogP contribution is -2.40. The molecule has 1 aliphatic rings. The van der Waals surface area contributed by atoms with Crippen molar-refractivity contribution in [2.24, 2.45) is 4.99 Å². The van der Waals surface area contributed by atoms with Crippen LogP contribution in [0.1, 0.15) is 30.5 Å². The number of carbonyl (C=O) groups is 1. The Kier molecular flexibility index (Phi) is 6.52. The summed E-state index contributed by atoms with van der Waals surface area (Å²) in [5.41, 5.74) is 0.822. The standard InChI is InChI=1S/C24H21N3O7S/c1-4-15-19(23(30)34-3)20(14-8-6-5-7-9-14)26-22(29)18(35-24(26)25-15)12-13-10-16(27(31)32)21(28)17(11-13)33-2/h5-12,20,28H,4H2,1-3H3/b18-12-/t20-/m0/s1. The molecule has 0 saturated carbocycles. The third-order valence-corrected chi connectivity index (χ3v) is 6.54. The van der Waals surface area contributed by atoms with Gasteiger partial charge in [-0.3, -0.25) is 19.5 Å². The monoisotopic (exact) mass is 495 g/mol. The maximum atomic E-state index is 13.6. The summed E-state index contributed by atoms with van der Waals surface area (Å²) in [7, 11) is 2.55. The topological polar surface area (TPSA) is 133 Å². The van der Waals surface area contributed by atoms with Gasteiger partial charge in [-0.2, -0.15) is 0 Å². The summed E-state index contributed by atoms with van der Waals surface area (Å²) in [4.78, 5) is 42.0. The van der Waals surface area contributed by atoms with Crippen molar-refractivity contribution in [3.8, 4) is 11.5 Å². The number of nitro groups is 1. The van der Waals surface area contributed by atoms with Crippen LogP contribution in [-0.4, -0.2) is 34.8 Å². The highest BCUT2D eigenvalue weighted by molar-refractivity contribution is 7.07. The number of allylic oxidation sites excluding steroid dienone is 1. The van der Waals surface area contributed by atoms with Crippen LogP contribution in [0.5, 0.6) is 11.5 Å². The number of phenols is 1. The molecule has 1 aromatic heterocycles. The Morgan fingerprint density at radius 3 is 2.60 bits per heavy atom. The van der Waals surface area contributed by atoms with Crippen molar-refractivity contribution < 1.29 is 24.3 Å². The molecule has 2 aromatic carbocycles. The molecular weight excluding hydrogens is 474 g/mol. The first-order valence-corrected chi connectivity index (χ1v) is 11.4. The highest BCUT2D eigenvalue weighted by Gasteiger charge is 2.33. The van der Waals surface area contributed by atoms with E-state index in [1.807, 2.05) is 37.3 Å². The van der Waals surface area contributed by atoms with Gasteiger partial charge in [0, 0.05) is 6.07 Å². The number of nitro benzene ring substituents is 1. The summed E-state index contributed by atoms with van der Waals surface area (Å²) in [5, 5.41) is 21.4. The number of aromatic hydroxyl groups is 1. The van der Waals surface area contributed by atoms with Gasteiger partial charge in [0.1, 0.15) is 0 Å². The van der Waals surface area contributed by atoms with Gasteiger partial charge in [-0.25, -0.2) is 9.79 Å². The average molecular weight is 496 g/mol. The van der Waals surface area contributed by atoms with Crippen LogP contribution < -0.4 is 19.6 Å². The summed E-state index contributed by atoms with van der Waals surface area (Å²) in [5.74, 6) is -1.27. The Morgan fingerprint density at radius 2 is 2.00 bits per heavy atom. The first kappa shape index (κ1) is 23.9. The number of nitrogens with zero attached hydrogens (tertiary/aromatic N) is 3. The molecule has 3 aromatic rings. The summed E-state index contributed by atoms with van der Waals surface area (Å²) < 4.78 is 11.8. The van der Waals surface area contributed by atoms with Gasteiger partial charge in [-0.1, -0.05) is 48.6 Å². The lowest BCUT2D eigenvalue weighted by molar-refractivity contribution is -0.386. The molecule has 0 radical (unpaired) electrons. The van der Waals surface area contributed by atoms with Crippen molar-refractivity contribution >= 4 is 29.1 Å². The van der Waals surface area contributed by atoms with E-state index < -0.39 is 33.9 Å². The largest absolute Gasteiger partial charge is 0.500 e. The molecule has 35 heavy (non-hydrogen) atoms. The molecule has 0 aliphatic carbocycles. The smallest absolute Gasteiger partial charge is 0.338 e. The lowest BCUT2D eigenvalue weighted by Gasteiger charge is -2.25. The molecule has 4 rings (SSSR count). The summed E-state index contributed by atoms with van der Waals surface area (Å²) in [6.45, 7) is 1.86. The van der Waals surface area contributed by atoms with Crippen molar-refractivity contribution in [3.63, 3.8) is 0 Å². The molecule has 1 atom stereocenters. The number of fused-ring (bicyclic) bond motifs is 1. The number of carbonyl (C=O) groups excluding carboxylic acids is 1. The number of ether oxygens (including phenoxy) is 2. The van der Waals surface area contributed by atoms with E-state index in [1.165, 1.54) is 30.9 Å². The van der Waals surface area contributed by atoms with E-state index in [4.69, 9.17) is 9.47 Å². The van der Waals surface area contributed by atoms with Crippen LogP contribution in [0.25, 0.3) is 6.08 Å². The van der Waals surface area contributed by atoms with Crippen LogP contribution in [-0.2, 0) is 9.53 Å². The molecule has 2 heterocycles. The number of hydrogen-bond donors (Lipinski definition) is 1. The van der Waals surface area contributed by atoms with E-state index in [0.717, 1.165) is 17.4 Å². The normalized spacial score (nSPS) is 15.4. The second-order valence-electron chi connectivity index (χ2n) is 7.55. The Bertz CT molecular complexity index is 1540. The quantitative estimate of drug-likeness (QED) is 0.315. The fourth-order valence-electron chi connectivity index (χ4n) is 3.96. The molecule has 0 spiro atoms. The summed E-state index contributed by atoms with van der Waals surface area (Å²) in [6, 6.07) is 10.9. The zero-order valence-corrected chi connectivity index (χ0v) is 19.9. The zero-order chi connectivity index (χ0) is 25.3. The minimum atomic E-state index is -0.749. The number of thiazole rings is 1. The van der Waals surface area contributed by atoms with Crippen LogP contribution in [0, 0.1) is 10.1 Å². The molecule has 0 bridgehead atoms. The third kappa shape index (κ3) is 4.21. The van der Waals surface area contributed by atoms with Gasteiger partial charge in [-0.05, 0) is 29.7 Å². The van der Waals surface area contributed by atoms with Crippen LogP contribution in [0.3, 0.4) is 0 Å². The minimum absolute atomic E-state index is 0.0957. The molecular formula is C24H21N3O7S. The second-order valence-corrected chi connectivity index (χ2v) is 8.56. The number of benzene rings is 2. The Hall–Kier alpha value is -4.25. The predicted octanol–water partition coefficient (Wildman–Crippen LogP) is 2.42. The van der Waals surface area contributed by atoms with Gasteiger partial charge in [-0.15, -0.1) is 0 Å². The van der Waals surface area contributed by atoms with Gasteiger partial charge >= 0.3 is 11.7 Å². The van der Waals surface area contributed by atoms with Gasteiger partial charge in [0.2, 0.25) is 5.75 Å². The van der Waals surface area contributed by atoms with Gasteiger partial charge in [0.25, 0.3) is 5.56 Å². The van der Waals surface area contributed by atoms with Crippen molar-refractivity contribution in [1.29, 1.82) is 0 Å². The predicted molar refractivity (Wildman–Crippen MR) is 128 cm³/mol. The van der Waals surface area contributed by atoms with Gasteiger partial charge in [0.15, 0.2) is 10.6 Å². The first-order chi connectivity index (χ1) is 16.8. The number of esters is 1. The second kappa shape index (κ2) is 9.55. The average Bonchev–Trinajstić information content (AvgIpc) is 3.17. The molecule has 0 unspecified atom stereocenters. The molecule has 0 fully saturated rings. The molecule has 180 valence electrons. The fraction of sp³-hybridized carbons (Fsp3) is 0.208. The van der Waals surface area contributed by atoms with Crippen molar-refractivity contribution in [3.05, 3.63) is 94.7 Å². The Balaban J connectivity index is 2.00. The molecule has 11 heteroatoms. The van der Waals surface area contributed by atoms with E-state index in [1.54, 1.807) is 0 Å². The number of rotatable bonds is 6. The van der Waals surface area contributed by atoms with Crippen molar-refractivity contribution in [2.75, 3.05) is 14.2 Å². The lowest BCUT2D eigenvalue weighted by atomic mass is 9.95. The fourth-order valence-corrected chi connectivity index (χ4v) is 4.98. The number of methoxy groups -OCH3 is 2. The minimum Gasteiger partial charge on any atom is -0.500 e. The molecule has 1 aliphatic heterocycles. The van der Waals surface area contributed by atoms with Crippen LogP contribution >= 0.6 is 11.3 Å². The molecule has 10 nitrogen and oxygen atoms in total.